The molecule has 6 N–H and O–H groups in total. The molecule has 0 bridgehead atoms. The lowest BCUT2D eigenvalue weighted by Gasteiger charge is -2.26. The average Bonchev–Trinajstić information content (AvgIpc) is 2.63. The number of rotatable bonds is 6. The number of amides is 1. The number of aromatic nitrogens is 1. The summed E-state index contributed by atoms with van der Waals surface area (Å²) in [4.78, 5) is 20.5. The highest BCUT2D eigenvalue weighted by Gasteiger charge is 2.23. The van der Waals surface area contributed by atoms with Gasteiger partial charge in [0.2, 0.25) is 0 Å². The van der Waals surface area contributed by atoms with Crippen LogP contribution in [0.15, 0.2) is 34.6 Å². The minimum absolute atomic E-state index is 0.00356. The molecular weight excluding hydrogens is 347 g/mol. The first-order valence-electron chi connectivity index (χ1n) is 9.08. The quantitative estimate of drug-likeness (QED) is 0.612. The van der Waals surface area contributed by atoms with Crippen LogP contribution in [0.2, 0.25) is 0 Å². The van der Waals surface area contributed by atoms with Gasteiger partial charge in [-0.2, -0.15) is 0 Å². The zero-order valence-corrected chi connectivity index (χ0v) is 15.5. The van der Waals surface area contributed by atoms with E-state index in [4.69, 9.17) is 11.5 Å². The molecule has 1 aliphatic carbocycles. The lowest BCUT2D eigenvalue weighted by atomic mass is 9.89. The number of hydrogen-bond acceptors (Lipinski definition) is 6. The second kappa shape index (κ2) is 7.87. The van der Waals surface area contributed by atoms with Gasteiger partial charge in [-0.25, -0.2) is 9.37 Å². The van der Waals surface area contributed by atoms with Crippen LogP contribution in [0.1, 0.15) is 43.5 Å². The number of nitrogens with zero attached hydrogens (tertiary/aromatic N) is 2. The fourth-order valence-corrected chi connectivity index (χ4v) is 3.07. The summed E-state index contributed by atoms with van der Waals surface area (Å²) in [6.45, 7) is 3.65. The van der Waals surface area contributed by atoms with Crippen molar-refractivity contribution in [1.29, 1.82) is 0 Å². The van der Waals surface area contributed by atoms with Gasteiger partial charge in [0.25, 0.3) is 5.91 Å². The van der Waals surface area contributed by atoms with Crippen molar-refractivity contribution in [2.75, 3.05) is 10.6 Å². The van der Waals surface area contributed by atoms with Crippen LogP contribution < -0.4 is 22.1 Å². The van der Waals surface area contributed by atoms with Gasteiger partial charge in [0, 0.05) is 35.6 Å². The molecule has 1 amide bonds. The van der Waals surface area contributed by atoms with Crippen LogP contribution in [0.5, 0.6) is 0 Å². The van der Waals surface area contributed by atoms with E-state index < -0.39 is 11.7 Å². The third-order valence-electron chi connectivity index (χ3n) is 4.90. The van der Waals surface area contributed by atoms with Gasteiger partial charge in [-0.1, -0.05) is 0 Å². The number of carbonyl (C=O) groups is 1. The summed E-state index contributed by atoms with van der Waals surface area (Å²) in [5.74, 6) is -0.808. The van der Waals surface area contributed by atoms with Crippen molar-refractivity contribution in [1.82, 2.24) is 4.98 Å². The van der Waals surface area contributed by atoms with Crippen LogP contribution in [-0.2, 0) is 0 Å². The Kier molecular flexibility index (Phi) is 5.55. The molecule has 1 unspecified atom stereocenters. The molecule has 2 aliphatic rings. The van der Waals surface area contributed by atoms with Gasteiger partial charge in [0.05, 0.1) is 5.56 Å². The summed E-state index contributed by atoms with van der Waals surface area (Å²) < 4.78 is 14.4. The summed E-state index contributed by atoms with van der Waals surface area (Å²) in [6.07, 6.45) is 8.50. The molecule has 0 spiro atoms. The van der Waals surface area contributed by atoms with Gasteiger partial charge in [0.1, 0.15) is 5.82 Å². The Morgan fingerprint density at radius 3 is 2.81 bits per heavy atom. The second-order valence-electron chi connectivity index (χ2n) is 7.07. The number of anilines is 2. The van der Waals surface area contributed by atoms with Crippen LogP contribution in [-0.4, -0.2) is 29.2 Å². The van der Waals surface area contributed by atoms with Crippen LogP contribution >= 0.6 is 0 Å². The predicted octanol–water partition coefficient (Wildman–Crippen LogP) is 2.53. The van der Waals surface area contributed by atoms with Crippen molar-refractivity contribution < 1.29 is 9.18 Å². The first-order chi connectivity index (χ1) is 12.8. The lowest BCUT2D eigenvalue weighted by Crippen LogP contribution is -2.36. The molecule has 3 atom stereocenters. The smallest absolute Gasteiger partial charge is 0.252 e. The number of fused-ring (bicyclic) bond motifs is 1. The van der Waals surface area contributed by atoms with Gasteiger partial charge in [0.15, 0.2) is 11.6 Å². The molecule has 144 valence electrons. The zero-order valence-electron chi connectivity index (χ0n) is 15.5. The molecule has 0 saturated heterocycles. The Labute approximate surface area is 157 Å². The van der Waals surface area contributed by atoms with E-state index in [1.165, 1.54) is 0 Å². The van der Waals surface area contributed by atoms with Gasteiger partial charge >= 0.3 is 0 Å². The molecule has 27 heavy (non-hydrogen) atoms. The van der Waals surface area contributed by atoms with E-state index in [9.17, 15) is 9.18 Å². The van der Waals surface area contributed by atoms with Crippen molar-refractivity contribution in [2.45, 2.75) is 45.2 Å². The molecule has 0 saturated carbocycles. The van der Waals surface area contributed by atoms with Gasteiger partial charge < -0.3 is 22.1 Å². The maximum Gasteiger partial charge on any atom is 0.252 e. The average molecular weight is 372 g/mol. The highest BCUT2D eigenvalue weighted by atomic mass is 19.1. The fraction of sp³-hybridized carbons (Fsp3) is 0.421. The third kappa shape index (κ3) is 4.33. The van der Waals surface area contributed by atoms with E-state index in [0.29, 0.717) is 5.92 Å². The number of aliphatic imine (C=N–C) groups is 1. The Bertz CT molecular complexity index is 830. The van der Waals surface area contributed by atoms with Gasteiger partial charge in [-0.15, -0.1) is 0 Å². The second-order valence-corrected chi connectivity index (χ2v) is 7.07. The molecule has 1 aromatic heterocycles. The van der Waals surface area contributed by atoms with Crippen LogP contribution in [0, 0.1) is 11.7 Å². The van der Waals surface area contributed by atoms with Crippen molar-refractivity contribution in [3.8, 4) is 0 Å². The van der Waals surface area contributed by atoms with E-state index >= 15 is 0 Å². The first kappa shape index (κ1) is 19.0. The van der Waals surface area contributed by atoms with Crippen molar-refractivity contribution in [3.63, 3.8) is 0 Å². The summed E-state index contributed by atoms with van der Waals surface area (Å²) in [6, 6.07) is 0.706. The Hall–Kier alpha value is -2.74. The van der Waals surface area contributed by atoms with Crippen LogP contribution in [0.25, 0.3) is 0 Å². The van der Waals surface area contributed by atoms with E-state index in [1.807, 2.05) is 32.2 Å². The van der Waals surface area contributed by atoms with Crippen LogP contribution in [0.3, 0.4) is 0 Å². The standard InChI is InChI=1S/C19H25FN6O/c1-10(21)11(2)24-19-15(20)9-14(17(22)27)18(26-19)25-13-5-6-16-12(8-13)4-3-7-23-16/h5-7,9-12H,3-4,8,21H2,1-2H3,(H2,22,27)(H2,24,25,26)/t10-,11+,12?/m1/s1. The number of nitrogens with one attached hydrogen (secondary N) is 2. The first-order valence-corrected chi connectivity index (χ1v) is 9.08. The number of primary amides is 1. The molecule has 0 radical (unpaired) electrons. The Balaban J connectivity index is 1.89. The zero-order chi connectivity index (χ0) is 19.6. The third-order valence-corrected chi connectivity index (χ3v) is 4.90. The number of allylic oxidation sites excluding steroid dienone is 4. The topological polar surface area (TPSA) is 118 Å². The molecule has 0 fully saturated rings. The van der Waals surface area contributed by atoms with Crippen molar-refractivity contribution in [2.24, 2.45) is 22.4 Å². The highest BCUT2D eigenvalue weighted by Crippen LogP contribution is 2.33. The molecule has 7 nitrogen and oxygen atoms in total. The monoisotopic (exact) mass is 372 g/mol. The Morgan fingerprint density at radius 2 is 2.11 bits per heavy atom. The van der Waals surface area contributed by atoms with Gasteiger partial charge in [-0.05, 0) is 51.3 Å². The predicted molar refractivity (Wildman–Crippen MR) is 105 cm³/mol. The van der Waals surface area contributed by atoms with Gasteiger partial charge in [-0.3, -0.25) is 9.79 Å². The maximum atomic E-state index is 14.4. The minimum Gasteiger partial charge on any atom is -0.365 e. The molecule has 2 heterocycles. The summed E-state index contributed by atoms with van der Waals surface area (Å²) in [7, 11) is 0. The molecular formula is C19H25FN6O. The lowest BCUT2D eigenvalue weighted by molar-refractivity contribution is 0.100. The summed E-state index contributed by atoms with van der Waals surface area (Å²) in [5.41, 5.74) is 13.2. The fourth-order valence-electron chi connectivity index (χ4n) is 3.07. The molecule has 0 aromatic carbocycles. The van der Waals surface area contributed by atoms with Crippen LogP contribution in [0.4, 0.5) is 16.0 Å². The summed E-state index contributed by atoms with van der Waals surface area (Å²) >= 11 is 0. The number of nitrogens with two attached hydrogens (primary N) is 2. The normalized spacial score (nSPS) is 20.8. The van der Waals surface area contributed by atoms with E-state index in [1.54, 1.807) is 0 Å². The number of carbonyl (C=O) groups excluding carboxylic acids is 1. The molecule has 1 aliphatic heterocycles. The number of hydrogen-bond donors (Lipinski definition) is 4. The molecule has 3 rings (SSSR count). The van der Waals surface area contributed by atoms with E-state index in [-0.39, 0.29) is 29.3 Å². The minimum atomic E-state index is -0.745. The van der Waals surface area contributed by atoms with Crippen molar-refractivity contribution in [3.05, 3.63) is 41.0 Å². The number of pyridine rings is 1. The van der Waals surface area contributed by atoms with E-state index in [2.05, 4.69) is 20.6 Å². The maximum absolute atomic E-state index is 14.4. The Morgan fingerprint density at radius 1 is 1.33 bits per heavy atom. The SMILES string of the molecule is C[C@H](Nc1nc(NC2=CC=C3N=CCCC3C2)c(C(N)=O)cc1F)[C@@H](C)N. The largest absolute Gasteiger partial charge is 0.365 e. The molecule has 8 heteroatoms. The van der Waals surface area contributed by atoms with E-state index in [0.717, 1.165) is 36.7 Å². The van der Waals surface area contributed by atoms with Crippen molar-refractivity contribution >= 4 is 23.8 Å². The summed E-state index contributed by atoms with van der Waals surface area (Å²) in [5, 5.41) is 6.09. The highest BCUT2D eigenvalue weighted by molar-refractivity contribution is 5.98. The molecule has 1 aromatic rings. The number of halogens is 1.